The normalized spacial score (nSPS) is 10.2. The summed E-state index contributed by atoms with van der Waals surface area (Å²) in [5.41, 5.74) is 0.852. The molecule has 118 valence electrons. The Labute approximate surface area is 135 Å². The standard InChI is InChI=1S/C17H10F2N4O/c18-12-1-4-14(5-2-12)23-8-7-16(22-23)17(24)21-13-3-6-15(19)11(9-13)10-20/h1-9H,(H,21,24). The number of carbonyl (C=O) groups is 1. The molecular formula is C17H10F2N4O. The Balaban J connectivity index is 1.79. The number of anilines is 1. The second-order valence-corrected chi connectivity index (χ2v) is 4.88. The maximum absolute atomic E-state index is 13.3. The molecule has 2 aromatic carbocycles. The largest absolute Gasteiger partial charge is 0.321 e. The van der Waals surface area contributed by atoms with Gasteiger partial charge in [-0.2, -0.15) is 10.4 Å². The topological polar surface area (TPSA) is 70.7 Å². The number of halogens is 2. The van der Waals surface area contributed by atoms with Crippen molar-refractivity contribution in [1.29, 1.82) is 5.26 Å². The maximum Gasteiger partial charge on any atom is 0.276 e. The maximum atomic E-state index is 13.3. The van der Waals surface area contributed by atoms with Crippen molar-refractivity contribution in [3.05, 3.63) is 77.6 Å². The Bertz CT molecular complexity index is 942. The van der Waals surface area contributed by atoms with Gasteiger partial charge in [0.2, 0.25) is 0 Å². The number of hydrogen-bond acceptors (Lipinski definition) is 3. The van der Waals surface area contributed by atoms with Crippen LogP contribution < -0.4 is 5.32 Å². The van der Waals surface area contributed by atoms with Gasteiger partial charge in [0.25, 0.3) is 5.91 Å². The molecule has 0 saturated heterocycles. The zero-order valence-corrected chi connectivity index (χ0v) is 12.2. The summed E-state index contributed by atoms with van der Waals surface area (Å²) in [6, 6.07) is 12.5. The smallest absolute Gasteiger partial charge is 0.276 e. The third kappa shape index (κ3) is 3.13. The fraction of sp³-hybridized carbons (Fsp3) is 0. The zero-order valence-electron chi connectivity index (χ0n) is 12.2. The van der Waals surface area contributed by atoms with Gasteiger partial charge >= 0.3 is 0 Å². The summed E-state index contributed by atoms with van der Waals surface area (Å²) in [5, 5.41) is 15.4. The zero-order chi connectivity index (χ0) is 17.1. The van der Waals surface area contributed by atoms with Gasteiger partial charge in [-0.05, 0) is 48.5 Å². The average molecular weight is 324 g/mol. The van der Waals surface area contributed by atoms with Crippen molar-refractivity contribution < 1.29 is 13.6 Å². The predicted octanol–water partition coefficient (Wildman–Crippen LogP) is 3.27. The Hall–Kier alpha value is -3.53. The van der Waals surface area contributed by atoms with Crippen molar-refractivity contribution in [2.24, 2.45) is 0 Å². The first-order chi connectivity index (χ1) is 11.6. The van der Waals surface area contributed by atoms with E-state index in [1.807, 2.05) is 0 Å². The Morgan fingerprint density at radius 1 is 1.12 bits per heavy atom. The van der Waals surface area contributed by atoms with Gasteiger partial charge in [0.1, 0.15) is 17.7 Å². The molecule has 0 bridgehead atoms. The van der Waals surface area contributed by atoms with Gasteiger partial charge in [-0.15, -0.1) is 0 Å². The number of rotatable bonds is 3. The van der Waals surface area contributed by atoms with Crippen molar-refractivity contribution in [1.82, 2.24) is 9.78 Å². The van der Waals surface area contributed by atoms with Crippen molar-refractivity contribution in [2.45, 2.75) is 0 Å². The molecule has 5 nitrogen and oxygen atoms in total. The van der Waals surface area contributed by atoms with Crippen molar-refractivity contribution in [3.63, 3.8) is 0 Å². The number of nitrogens with zero attached hydrogens (tertiary/aromatic N) is 3. The van der Waals surface area contributed by atoms with Crippen LogP contribution in [0.15, 0.2) is 54.7 Å². The molecule has 0 atom stereocenters. The van der Waals surface area contributed by atoms with Crippen LogP contribution in [0.4, 0.5) is 14.5 Å². The SMILES string of the molecule is N#Cc1cc(NC(=O)c2ccn(-c3ccc(F)cc3)n2)ccc1F. The number of nitriles is 1. The van der Waals surface area contributed by atoms with E-state index in [0.717, 1.165) is 6.07 Å². The molecule has 1 aromatic heterocycles. The van der Waals surface area contributed by atoms with Gasteiger partial charge in [0, 0.05) is 11.9 Å². The van der Waals surface area contributed by atoms with Gasteiger partial charge in [-0.3, -0.25) is 4.79 Å². The van der Waals surface area contributed by atoms with Crippen LogP contribution in [0.1, 0.15) is 16.1 Å². The van der Waals surface area contributed by atoms with Crippen LogP contribution in [-0.2, 0) is 0 Å². The molecule has 0 unspecified atom stereocenters. The highest BCUT2D eigenvalue weighted by Gasteiger charge is 2.12. The fourth-order valence-electron chi connectivity index (χ4n) is 2.07. The minimum atomic E-state index is -0.656. The van der Waals surface area contributed by atoms with E-state index < -0.39 is 11.7 Å². The Kier molecular flexibility index (Phi) is 4.03. The summed E-state index contributed by atoms with van der Waals surface area (Å²) >= 11 is 0. The minimum absolute atomic E-state index is 0.127. The molecule has 0 radical (unpaired) electrons. The van der Waals surface area contributed by atoms with Gasteiger partial charge < -0.3 is 5.32 Å². The molecule has 3 aromatic rings. The number of carbonyl (C=O) groups excluding carboxylic acids is 1. The van der Waals surface area contributed by atoms with E-state index in [9.17, 15) is 13.6 Å². The summed E-state index contributed by atoms with van der Waals surface area (Å²) in [5.74, 6) is -1.53. The molecule has 24 heavy (non-hydrogen) atoms. The highest BCUT2D eigenvalue weighted by molar-refractivity contribution is 6.02. The van der Waals surface area contributed by atoms with Crippen LogP contribution in [0.25, 0.3) is 5.69 Å². The molecule has 1 amide bonds. The highest BCUT2D eigenvalue weighted by Crippen LogP contribution is 2.15. The van der Waals surface area contributed by atoms with Crippen LogP contribution >= 0.6 is 0 Å². The number of amides is 1. The van der Waals surface area contributed by atoms with E-state index in [1.165, 1.54) is 47.1 Å². The summed E-state index contributed by atoms with van der Waals surface area (Å²) in [6.45, 7) is 0. The van der Waals surface area contributed by atoms with E-state index >= 15 is 0 Å². The molecule has 3 rings (SSSR count). The lowest BCUT2D eigenvalue weighted by Gasteiger charge is -2.04. The molecule has 0 aliphatic rings. The van der Waals surface area contributed by atoms with Gasteiger partial charge in [0.15, 0.2) is 5.69 Å². The van der Waals surface area contributed by atoms with E-state index in [4.69, 9.17) is 5.26 Å². The lowest BCUT2D eigenvalue weighted by atomic mass is 10.2. The Morgan fingerprint density at radius 3 is 2.58 bits per heavy atom. The van der Waals surface area contributed by atoms with Gasteiger partial charge in [-0.25, -0.2) is 13.5 Å². The van der Waals surface area contributed by atoms with Crippen LogP contribution in [0.5, 0.6) is 0 Å². The lowest BCUT2D eigenvalue weighted by molar-refractivity contribution is 0.102. The summed E-state index contributed by atoms with van der Waals surface area (Å²) in [4.78, 5) is 12.2. The number of aromatic nitrogens is 2. The summed E-state index contributed by atoms with van der Waals surface area (Å²) in [7, 11) is 0. The van der Waals surface area contributed by atoms with Crippen LogP contribution in [-0.4, -0.2) is 15.7 Å². The first kappa shape index (κ1) is 15.4. The quantitative estimate of drug-likeness (QED) is 0.804. The first-order valence-corrected chi connectivity index (χ1v) is 6.89. The fourth-order valence-corrected chi connectivity index (χ4v) is 2.07. The van der Waals surface area contributed by atoms with Crippen LogP contribution in [0.2, 0.25) is 0 Å². The second-order valence-electron chi connectivity index (χ2n) is 4.88. The van der Waals surface area contributed by atoms with Crippen molar-refractivity contribution in [3.8, 4) is 11.8 Å². The van der Waals surface area contributed by atoms with E-state index in [0.29, 0.717) is 5.69 Å². The third-order valence-corrected chi connectivity index (χ3v) is 3.26. The average Bonchev–Trinajstić information content (AvgIpc) is 3.07. The lowest BCUT2D eigenvalue weighted by Crippen LogP contribution is -2.13. The Morgan fingerprint density at radius 2 is 1.88 bits per heavy atom. The minimum Gasteiger partial charge on any atom is -0.321 e. The van der Waals surface area contributed by atoms with Gasteiger partial charge in [-0.1, -0.05) is 0 Å². The van der Waals surface area contributed by atoms with Gasteiger partial charge in [0.05, 0.1) is 11.3 Å². The molecule has 0 fully saturated rings. The molecule has 0 saturated carbocycles. The summed E-state index contributed by atoms with van der Waals surface area (Å²) < 4.78 is 27.6. The molecule has 1 heterocycles. The number of benzene rings is 2. The molecule has 0 aliphatic carbocycles. The van der Waals surface area contributed by atoms with Crippen LogP contribution in [0.3, 0.4) is 0 Å². The monoisotopic (exact) mass is 324 g/mol. The van der Waals surface area contributed by atoms with Crippen LogP contribution in [0, 0.1) is 23.0 Å². The third-order valence-electron chi connectivity index (χ3n) is 3.26. The molecule has 1 N–H and O–H groups in total. The first-order valence-electron chi connectivity index (χ1n) is 6.89. The number of hydrogen-bond donors (Lipinski definition) is 1. The van der Waals surface area contributed by atoms with E-state index in [2.05, 4.69) is 10.4 Å². The predicted molar refractivity (Wildman–Crippen MR) is 82.6 cm³/mol. The molecule has 0 spiro atoms. The molecular weight excluding hydrogens is 314 g/mol. The molecule has 0 aliphatic heterocycles. The second kappa shape index (κ2) is 6.30. The van der Waals surface area contributed by atoms with E-state index in [-0.39, 0.29) is 22.8 Å². The van der Waals surface area contributed by atoms with Crippen molar-refractivity contribution in [2.75, 3.05) is 5.32 Å². The van der Waals surface area contributed by atoms with Crippen molar-refractivity contribution >= 4 is 11.6 Å². The molecule has 7 heteroatoms. The number of nitrogens with one attached hydrogen (secondary N) is 1. The highest BCUT2D eigenvalue weighted by atomic mass is 19.1. The van der Waals surface area contributed by atoms with E-state index in [1.54, 1.807) is 12.3 Å². The summed E-state index contributed by atoms with van der Waals surface area (Å²) in [6.07, 6.45) is 1.56.